The average Bonchev–Trinajstić information content (AvgIpc) is 3.54. The summed E-state index contributed by atoms with van der Waals surface area (Å²) in [6, 6.07) is 1.98. The van der Waals surface area contributed by atoms with Crippen LogP contribution in [0.3, 0.4) is 0 Å². The van der Waals surface area contributed by atoms with Crippen molar-refractivity contribution in [2.45, 2.75) is 32.1 Å². The maximum Gasteiger partial charge on any atom is 0.231 e. The molecule has 0 amide bonds. The molecule has 3 aliphatic rings. The lowest BCUT2D eigenvalue weighted by molar-refractivity contribution is 0.168. The van der Waals surface area contributed by atoms with Crippen molar-refractivity contribution in [3.63, 3.8) is 0 Å². The van der Waals surface area contributed by atoms with E-state index in [1.165, 1.54) is 0 Å². The number of hydrogen-bond donors (Lipinski definition) is 0. The van der Waals surface area contributed by atoms with Crippen LogP contribution in [0.1, 0.15) is 48.8 Å². The molecule has 172 valence electrons. The van der Waals surface area contributed by atoms with Gasteiger partial charge in [0.25, 0.3) is 0 Å². The minimum Gasteiger partial charge on any atom is -0.493 e. The zero-order valence-electron chi connectivity index (χ0n) is 19.2. The Balaban J connectivity index is 1.83. The SMILES string of the molecule is CC[C@H]1c2c(OC)c3c(c(OC)c2[C@@H](c2cc(OC)c4c(c2OC)OCO4)[C@@H]1C)OCO3. The zero-order valence-corrected chi connectivity index (χ0v) is 19.2. The van der Waals surface area contributed by atoms with Gasteiger partial charge in [-0.25, -0.2) is 0 Å². The maximum absolute atomic E-state index is 5.93. The van der Waals surface area contributed by atoms with Crippen LogP contribution >= 0.6 is 0 Å². The van der Waals surface area contributed by atoms with Crippen LogP contribution in [0.4, 0.5) is 0 Å². The van der Waals surface area contributed by atoms with Crippen molar-refractivity contribution >= 4 is 0 Å². The summed E-state index contributed by atoms with van der Waals surface area (Å²) in [5.74, 6) is 5.25. The van der Waals surface area contributed by atoms with Crippen molar-refractivity contribution in [3.8, 4) is 46.0 Å². The number of ether oxygens (including phenoxy) is 8. The Kier molecular flexibility index (Phi) is 5.03. The Labute approximate surface area is 187 Å². The van der Waals surface area contributed by atoms with Crippen molar-refractivity contribution in [1.82, 2.24) is 0 Å². The van der Waals surface area contributed by atoms with Gasteiger partial charge in [0.1, 0.15) is 0 Å². The van der Waals surface area contributed by atoms with Crippen molar-refractivity contribution in [3.05, 3.63) is 22.8 Å². The fourth-order valence-electron chi connectivity index (χ4n) is 5.59. The first-order valence-corrected chi connectivity index (χ1v) is 10.7. The third-order valence-electron chi connectivity index (χ3n) is 6.85. The fraction of sp³-hybridized carbons (Fsp3) is 0.500. The molecule has 2 heterocycles. The predicted octanol–water partition coefficient (Wildman–Crippen LogP) is 4.45. The van der Waals surface area contributed by atoms with Gasteiger partial charge in [0.2, 0.25) is 36.6 Å². The van der Waals surface area contributed by atoms with Gasteiger partial charge >= 0.3 is 0 Å². The average molecular weight is 444 g/mol. The first kappa shape index (κ1) is 20.7. The second-order valence-corrected chi connectivity index (χ2v) is 8.08. The first-order chi connectivity index (χ1) is 15.6. The largest absolute Gasteiger partial charge is 0.493 e. The van der Waals surface area contributed by atoms with Gasteiger partial charge in [-0.1, -0.05) is 13.8 Å². The molecule has 8 heteroatoms. The van der Waals surface area contributed by atoms with Gasteiger partial charge in [-0.2, -0.15) is 0 Å². The molecule has 0 spiro atoms. The Morgan fingerprint density at radius 1 is 0.750 bits per heavy atom. The summed E-state index contributed by atoms with van der Waals surface area (Å²) in [7, 11) is 6.58. The Hall–Kier alpha value is -3.16. The van der Waals surface area contributed by atoms with Crippen LogP contribution in [0, 0.1) is 5.92 Å². The van der Waals surface area contributed by atoms with Crippen LogP contribution in [0.2, 0.25) is 0 Å². The first-order valence-electron chi connectivity index (χ1n) is 10.7. The molecule has 2 aromatic rings. The highest BCUT2D eigenvalue weighted by molar-refractivity contribution is 5.74. The van der Waals surface area contributed by atoms with Gasteiger partial charge in [0.05, 0.1) is 28.4 Å². The van der Waals surface area contributed by atoms with E-state index in [-0.39, 0.29) is 31.3 Å². The minimum atomic E-state index is -0.0772. The molecule has 0 fully saturated rings. The minimum absolute atomic E-state index is 0.0772. The second kappa shape index (κ2) is 7.76. The number of rotatable bonds is 6. The fourth-order valence-corrected chi connectivity index (χ4v) is 5.59. The summed E-state index contributed by atoms with van der Waals surface area (Å²) >= 11 is 0. The van der Waals surface area contributed by atoms with Gasteiger partial charge in [0.15, 0.2) is 23.0 Å². The molecule has 2 aromatic carbocycles. The third-order valence-corrected chi connectivity index (χ3v) is 6.85. The van der Waals surface area contributed by atoms with Crippen LogP contribution in [0.25, 0.3) is 0 Å². The second-order valence-electron chi connectivity index (χ2n) is 8.08. The van der Waals surface area contributed by atoms with Crippen LogP contribution < -0.4 is 37.9 Å². The standard InChI is InChI=1S/C24H28O8/c1-7-12-11(2)15(13-8-14(25-3)19-22(18(13)26-4)30-9-29-19)17-16(12)20(27-5)23-24(21(17)28-6)32-10-31-23/h8,11-12,15H,7,9-10H2,1-6H3/t11-,12-,15-/m1/s1. The summed E-state index contributed by atoms with van der Waals surface area (Å²) in [6.07, 6.45) is 0.924. The Morgan fingerprint density at radius 2 is 1.28 bits per heavy atom. The van der Waals surface area contributed by atoms with Gasteiger partial charge in [-0.05, 0) is 24.3 Å². The van der Waals surface area contributed by atoms with Crippen LogP contribution in [0.15, 0.2) is 6.07 Å². The van der Waals surface area contributed by atoms with Crippen molar-refractivity contribution in [2.75, 3.05) is 42.0 Å². The van der Waals surface area contributed by atoms with E-state index in [1.54, 1.807) is 28.4 Å². The van der Waals surface area contributed by atoms with E-state index in [0.717, 1.165) is 23.1 Å². The molecule has 0 N–H and O–H groups in total. The monoisotopic (exact) mass is 444 g/mol. The Morgan fingerprint density at radius 3 is 1.81 bits per heavy atom. The topological polar surface area (TPSA) is 73.8 Å². The van der Waals surface area contributed by atoms with Crippen molar-refractivity contribution in [2.24, 2.45) is 5.92 Å². The molecular formula is C24H28O8. The molecule has 1 aliphatic carbocycles. The quantitative estimate of drug-likeness (QED) is 0.647. The van der Waals surface area contributed by atoms with E-state index in [9.17, 15) is 0 Å². The lowest BCUT2D eigenvalue weighted by atomic mass is 9.82. The summed E-state index contributed by atoms with van der Waals surface area (Å²) in [5.41, 5.74) is 3.05. The highest BCUT2D eigenvalue weighted by Gasteiger charge is 2.48. The highest BCUT2D eigenvalue weighted by Crippen LogP contribution is 2.65. The van der Waals surface area contributed by atoms with Gasteiger partial charge < -0.3 is 37.9 Å². The third kappa shape index (κ3) is 2.61. The van der Waals surface area contributed by atoms with Crippen LogP contribution in [-0.2, 0) is 0 Å². The van der Waals surface area contributed by atoms with Crippen molar-refractivity contribution < 1.29 is 37.9 Å². The molecule has 2 aliphatic heterocycles. The number of methoxy groups -OCH3 is 4. The van der Waals surface area contributed by atoms with Crippen molar-refractivity contribution in [1.29, 1.82) is 0 Å². The van der Waals surface area contributed by atoms with Gasteiger partial charge in [-0.15, -0.1) is 0 Å². The molecule has 32 heavy (non-hydrogen) atoms. The molecule has 0 radical (unpaired) electrons. The van der Waals surface area contributed by atoms with E-state index < -0.39 is 0 Å². The predicted molar refractivity (Wildman–Crippen MR) is 115 cm³/mol. The summed E-state index contributed by atoms with van der Waals surface area (Å²) < 4.78 is 46.4. The van der Waals surface area contributed by atoms with E-state index >= 15 is 0 Å². The van der Waals surface area contributed by atoms with E-state index in [1.807, 2.05) is 6.07 Å². The normalized spacial score (nSPS) is 22.0. The van der Waals surface area contributed by atoms with Crippen LogP contribution in [0.5, 0.6) is 46.0 Å². The lowest BCUT2D eigenvalue weighted by Gasteiger charge is -2.25. The molecule has 3 atom stereocenters. The molecule has 0 bridgehead atoms. The maximum atomic E-state index is 5.93. The van der Waals surface area contributed by atoms with Gasteiger partial charge in [0, 0.05) is 22.6 Å². The van der Waals surface area contributed by atoms with E-state index in [4.69, 9.17) is 37.9 Å². The lowest BCUT2D eigenvalue weighted by Crippen LogP contribution is -2.12. The zero-order chi connectivity index (χ0) is 22.6. The summed E-state index contributed by atoms with van der Waals surface area (Å²) in [6.45, 7) is 4.67. The molecule has 0 saturated carbocycles. The van der Waals surface area contributed by atoms with Crippen LogP contribution in [-0.4, -0.2) is 42.0 Å². The van der Waals surface area contributed by atoms with E-state index in [2.05, 4.69) is 13.8 Å². The van der Waals surface area contributed by atoms with E-state index in [0.29, 0.717) is 46.0 Å². The molecule has 0 aromatic heterocycles. The molecule has 5 rings (SSSR count). The Bertz CT molecular complexity index is 1060. The van der Waals surface area contributed by atoms with Gasteiger partial charge in [-0.3, -0.25) is 0 Å². The number of benzene rings is 2. The number of fused-ring (bicyclic) bond motifs is 3. The smallest absolute Gasteiger partial charge is 0.231 e. The molecule has 8 nitrogen and oxygen atoms in total. The molecule has 0 saturated heterocycles. The highest BCUT2D eigenvalue weighted by atomic mass is 16.7. The molecule has 0 unspecified atom stereocenters. The summed E-state index contributed by atoms with van der Waals surface area (Å²) in [4.78, 5) is 0. The summed E-state index contributed by atoms with van der Waals surface area (Å²) in [5, 5.41) is 0. The molecular weight excluding hydrogens is 416 g/mol. The number of hydrogen-bond acceptors (Lipinski definition) is 8.